The third-order valence-electron chi connectivity index (χ3n) is 18.5. The van der Waals surface area contributed by atoms with Crippen LogP contribution in [0.25, 0.3) is 130 Å². The molecular weight excluding hydrogens is 1140 g/mol. The molecule has 0 radical (unpaired) electrons. The van der Waals surface area contributed by atoms with Crippen LogP contribution in [0, 0.1) is 0 Å². The van der Waals surface area contributed by atoms with E-state index < -0.39 is 0 Å². The molecule has 0 aliphatic carbocycles. The van der Waals surface area contributed by atoms with Crippen LogP contribution in [0.3, 0.4) is 0 Å². The molecular formula is C90H60N2S. The summed E-state index contributed by atoms with van der Waals surface area (Å²) in [7, 11) is 0. The lowest BCUT2D eigenvalue weighted by Crippen LogP contribution is -2.10. The molecule has 0 saturated carbocycles. The van der Waals surface area contributed by atoms with Crippen LogP contribution in [0.4, 0.5) is 34.1 Å². The number of anilines is 6. The normalized spacial score (nSPS) is 11.4. The van der Waals surface area contributed by atoms with Crippen molar-refractivity contribution >= 4 is 98.0 Å². The van der Waals surface area contributed by atoms with Gasteiger partial charge in [0.2, 0.25) is 0 Å². The molecule has 0 fully saturated rings. The van der Waals surface area contributed by atoms with Crippen molar-refractivity contribution in [2.24, 2.45) is 0 Å². The van der Waals surface area contributed by atoms with Crippen LogP contribution in [0.1, 0.15) is 0 Å². The molecule has 17 aromatic rings. The lowest BCUT2D eigenvalue weighted by atomic mass is 9.92. The monoisotopic (exact) mass is 1200 g/mol. The van der Waals surface area contributed by atoms with Gasteiger partial charge in [0.05, 0.1) is 0 Å². The smallest absolute Gasteiger partial charge is 0.0467 e. The fourth-order valence-corrected chi connectivity index (χ4v) is 15.2. The first-order chi connectivity index (χ1) is 46.1. The zero-order chi connectivity index (χ0) is 61.6. The van der Waals surface area contributed by atoms with Gasteiger partial charge in [-0.1, -0.05) is 285 Å². The number of fused-ring (bicyclic) bond motifs is 6. The first kappa shape index (κ1) is 55.2. The minimum Gasteiger partial charge on any atom is -0.310 e. The molecule has 17 rings (SSSR count). The standard InChI is InChI=1S/C90H60N2S/c1-3-19-63(20-4-1)81-56-57-82(86-32-12-11-31-85(81)86)67-44-52-75(53-45-67)92(74-50-42-66(43-51-74)80-33-15-25-64-23-9-10-30-79(64)80)78-29-14-27-71(60-78)70-26-13-28-77(59-70)91(73-48-40-62(41-49-73)72-39-38-61-18-7-8-24-69(61)58-72)76-54-46-68(47-55-76)84-35-17-37-88-87-36-16-34-83(89(87)93-90(84)88)65-21-5-2-6-22-65/h1-60H. The molecule has 1 heterocycles. The Hall–Kier alpha value is -11.9. The molecule has 0 bridgehead atoms. The van der Waals surface area contributed by atoms with Crippen LogP contribution in [0.5, 0.6) is 0 Å². The fourth-order valence-electron chi connectivity index (χ4n) is 13.9. The van der Waals surface area contributed by atoms with Crippen molar-refractivity contribution in [1.82, 2.24) is 0 Å². The van der Waals surface area contributed by atoms with Crippen LogP contribution in [-0.4, -0.2) is 0 Å². The number of rotatable bonds is 13. The van der Waals surface area contributed by atoms with Gasteiger partial charge in [-0.25, -0.2) is 0 Å². The molecule has 0 saturated heterocycles. The van der Waals surface area contributed by atoms with Crippen LogP contribution in [0.2, 0.25) is 0 Å². The largest absolute Gasteiger partial charge is 0.310 e. The molecule has 0 unspecified atom stereocenters. The molecule has 1 aromatic heterocycles. The summed E-state index contributed by atoms with van der Waals surface area (Å²) < 4.78 is 2.61. The summed E-state index contributed by atoms with van der Waals surface area (Å²) in [6.45, 7) is 0. The average molecular weight is 1200 g/mol. The Labute approximate surface area is 546 Å². The first-order valence-electron chi connectivity index (χ1n) is 31.9. The summed E-state index contributed by atoms with van der Waals surface area (Å²) >= 11 is 1.89. The average Bonchev–Trinajstić information content (AvgIpc) is 1.69. The van der Waals surface area contributed by atoms with Crippen LogP contribution >= 0.6 is 11.3 Å². The Morgan fingerprint density at radius 3 is 1.00 bits per heavy atom. The molecule has 0 aliphatic heterocycles. The van der Waals surface area contributed by atoms with E-state index in [4.69, 9.17) is 0 Å². The van der Waals surface area contributed by atoms with Crippen molar-refractivity contribution in [3.63, 3.8) is 0 Å². The van der Waals surface area contributed by atoms with Gasteiger partial charge in [0.25, 0.3) is 0 Å². The van der Waals surface area contributed by atoms with Crippen molar-refractivity contribution in [2.75, 3.05) is 9.80 Å². The van der Waals surface area contributed by atoms with Gasteiger partial charge < -0.3 is 9.80 Å². The number of hydrogen-bond donors (Lipinski definition) is 0. The van der Waals surface area contributed by atoms with E-state index in [1.807, 2.05) is 11.3 Å². The van der Waals surface area contributed by atoms with Gasteiger partial charge in [0.1, 0.15) is 0 Å². The number of thiophene rings is 1. The fraction of sp³-hybridized carbons (Fsp3) is 0. The van der Waals surface area contributed by atoms with E-state index in [0.717, 1.165) is 45.3 Å². The second-order valence-corrected chi connectivity index (χ2v) is 25.0. The second kappa shape index (κ2) is 23.8. The Bertz CT molecular complexity index is 5590. The quantitative estimate of drug-likeness (QED) is 0.114. The van der Waals surface area contributed by atoms with Crippen molar-refractivity contribution < 1.29 is 0 Å². The highest BCUT2D eigenvalue weighted by atomic mass is 32.1. The first-order valence-corrected chi connectivity index (χ1v) is 32.7. The van der Waals surface area contributed by atoms with Gasteiger partial charge >= 0.3 is 0 Å². The zero-order valence-corrected chi connectivity index (χ0v) is 51.8. The van der Waals surface area contributed by atoms with Gasteiger partial charge in [-0.3, -0.25) is 0 Å². The van der Waals surface area contributed by atoms with Gasteiger partial charge in [0.15, 0.2) is 0 Å². The summed E-state index contributed by atoms with van der Waals surface area (Å²) in [4.78, 5) is 4.80. The van der Waals surface area contributed by atoms with Crippen molar-refractivity contribution in [3.05, 3.63) is 364 Å². The minimum atomic E-state index is 1.06. The predicted molar refractivity (Wildman–Crippen MR) is 399 cm³/mol. The highest BCUT2D eigenvalue weighted by Crippen LogP contribution is 2.47. The lowest BCUT2D eigenvalue weighted by Gasteiger charge is -2.27. The molecule has 0 N–H and O–H groups in total. The van der Waals surface area contributed by atoms with Crippen molar-refractivity contribution in [3.8, 4) is 77.9 Å². The summed E-state index contributed by atoms with van der Waals surface area (Å²) in [5, 5.41) is 10.00. The maximum atomic E-state index is 2.40. The molecule has 2 nitrogen and oxygen atoms in total. The molecule has 16 aromatic carbocycles. The zero-order valence-electron chi connectivity index (χ0n) is 50.9. The molecule has 436 valence electrons. The molecule has 0 aliphatic rings. The van der Waals surface area contributed by atoms with Crippen LogP contribution < -0.4 is 9.80 Å². The van der Waals surface area contributed by atoms with Crippen LogP contribution in [0.15, 0.2) is 364 Å². The third kappa shape index (κ3) is 10.4. The van der Waals surface area contributed by atoms with Crippen molar-refractivity contribution in [1.29, 1.82) is 0 Å². The maximum absolute atomic E-state index is 2.40. The van der Waals surface area contributed by atoms with Gasteiger partial charge in [0, 0.05) is 54.3 Å². The molecule has 3 heteroatoms. The Kier molecular flexibility index (Phi) is 14.1. The molecule has 0 spiro atoms. The Morgan fingerprint density at radius 1 is 0.161 bits per heavy atom. The molecule has 0 atom stereocenters. The lowest BCUT2D eigenvalue weighted by molar-refractivity contribution is 1.28. The predicted octanol–water partition coefficient (Wildman–Crippen LogP) is 26.1. The van der Waals surface area contributed by atoms with E-state index in [2.05, 4.69) is 374 Å². The Morgan fingerprint density at radius 2 is 0.484 bits per heavy atom. The topological polar surface area (TPSA) is 6.48 Å². The highest BCUT2D eigenvalue weighted by molar-refractivity contribution is 7.26. The molecule has 93 heavy (non-hydrogen) atoms. The SMILES string of the molecule is c1ccc(-c2ccc(-c3ccc(N(c4ccc(-c5cccc6ccccc56)cc4)c4cccc(-c5cccc(N(c6ccc(-c7ccc8ccccc8c7)cc6)c6ccc(-c7cccc8c7sc7c(-c9ccccc9)cccc78)cc6)c5)c4)cc3)c3ccccc23)cc1. The van der Waals surface area contributed by atoms with E-state index in [0.29, 0.717) is 0 Å². The van der Waals surface area contributed by atoms with E-state index in [1.165, 1.54) is 119 Å². The van der Waals surface area contributed by atoms with E-state index >= 15 is 0 Å². The van der Waals surface area contributed by atoms with Crippen molar-refractivity contribution in [2.45, 2.75) is 0 Å². The minimum absolute atomic E-state index is 1.06. The van der Waals surface area contributed by atoms with Gasteiger partial charge in [-0.2, -0.15) is 0 Å². The van der Waals surface area contributed by atoms with E-state index in [9.17, 15) is 0 Å². The van der Waals surface area contributed by atoms with Gasteiger partial charge in [-0.15, -0.1) is 11.3 Å². The van der Waals surface area contributed by atoms with E-state index in [1.54, 1.807) is 0 Å². The highest BCUT2D eigenvalue weighted by Gasteiger charge is 2.20. The number of nitrogens with zero attached hydrogens (tertiary/aromatic N) is 2. The Balaban J connectivity index is 0.753. The van der Waals surface area contributed by atoms with E-state index in [-0.39, 0.29) is 0 Å². The number of benzene rings is 16. The summed E-state index contributed by atoms with van der Waals surface area (Å²) in [5.74, 6) is 0. The maximum Gasteiger partial charge on any atom is 0.0467 e. The summed E-state index contributed by atoms with van der Waals surface area (Å²) in [5.41, 5.74) is 23.1. The van der Waals surface area contributed by atoms with Gasteiger partial charge in [-0.05, 0) is 189 Å². The molecule has 0 amide bonds. The summed E-state index contributed by atoms with van der Waals surface area (Å²) in [6.07, 6.45) is 0. The van der Waals surface area contributed by atoms with Crippen LogP contribution in [-0.2, 0) is 0 Å². The third-order valence-corrected chi connectivity index (χ3v) is 19.8. The summed E-state index contributed by atoms with van der Waals surface area (Å²) in [6, 6.07) is 133. The number of hydrogen-bond acceptors (Lipinski definition) is 3. The second-order valence-electron chi connectivity index (χ2n) is 24.0.